The highest BCUT2D eigenvalue weighted by Crippen LogP contribution is 2.15. The van der Waals surface area contributed by atoms with Gasteiger partial charge in [0, 0.05) is 25.9 Å². The third kappa shape index (κ3) is 6.58. The molecule has 20 heavy (non-hydrogen) atoms. The SMILES string of the molecule is C#CCCCCC(=O)N1CCC(OCCC(=O)O)CC1. The van der Waals surface area contributed by atoms with E-state index in [1.807, 2.05) is 4.90 Å². The number of terminal acetylenes is 1. The highest BCUT2D eigenvalue weighted by atomic mass is 16.5. The van der Waals surface area contributed by atoms with E-state index in [0.29, 0.717) is 19.5 Å². The molecule has 0 radical (unpaired) electrons. The Labute approximate surface area is 120 Å². The van der Waals surface area contributed by atoms with Crippen LogP contribution in [0.3, 0.4) is 0 Å². The number of nitrogens with zero attached hydrogens (tertiary/aromatic N) is 1. The van der Waals surface area contributed by atoms with Gasteiger partial charge in [0.1, 0.15) is 0 Å². The van der Waals surface area contributed by atoms with Crippen LogP contribution < -0.4 is 0 Å². The first-order valence-electron chi connectivity index (χ1n) is 7.18. The monoisotopic (exact) mass is 281 g/mol. The van der Waals surface area contributed by atoms with Crippen LogP contribution in [0.2, 0.25) is 0 Å². The van der Waals surface area contributed by atoms with E-state index in [9.17, 15) is 9.59 Å². The molecule has 0 unspecified atom stereocenters. The lowest BCUT2D eigenvalue weighted by Gasteiger charge is -2.32. The van der Waals surface area contributed by atoms with Gasteiger partial charge in [-0.3, -0.25) is 9.59 Å². The lowest BCUT2D eigenvalue weighted by molar-refractivity contribution is -0.139. The Balaban J connectivity index is 2.13. The van der Waals surface area contributed by atoms with E-state index < -0.39 is 5.97 Å². The van der Waals surface area contributed by atoms with Gasteiger partial charge in [0.25, 0.3) is 0 Å². The largest absolute Gasteiger partial charge is 0.481 e. The minimum absolute atomic E-state index is 0.0360. The molecule has 0 aromatic heterocycles. The zero-order chi connectivity index (χ0) is 14.8. The maximum atomic E-state index is 11.9. The van der Waals surface area contributed by atoms with Gasteiger partial charge in [-0.1, -0.05) is 0 Å². The predicted molar refractivity (Wildman–Crippen MR) is 75.1 cm³/mol. The van der Waals surface area contributed by atoms with Crippen molar-refractivity contribution in [2.45, 2.75) is 51.0 Å². The summed E-state index contributed by atoms with van der Waals surface area (Å²) >= 11 is 0. The number of ether oxygens (including phenoxy) is 1. The average Bonchev–Trinajstić information content (AvgIpc) is 2.44. The van der Waals surface area contributed by atoms with Crippen LogP contribution in [0, 0.1) is 12.3 Å². The maximum Gasteiger partial charge on any atom is 0.305 e. The maximum absolute atomic E-state index is 11.9. The van der Waals surface area contributed by atoms with Gasteiger partial charge in [-0.2, -0.15) is 0 Å². The molecule has 1 saturated heterocycles. The normalized spacial score (nSPS) is 15.8. The number of hydrogen-bond acceptors (Lipinski definition) is 3. The van der Waals surface area contributed by atoms with Crippen LogP contribution >= 0.6 is 0 Å². The van der Waals surface area contributed by atoms with Crippen molar-refractivity contribution in [2.24, 2.45) is 0 Å². The molecule has 5 heteroatoms. The lowest BCUT2D eigenvalue weighted by Crippen LogP contribution is -2.40. The van der Waals surface area contributed by atoms with Crippen molar-refractivity contribution in [3.63, 3.8) is 0 Å². The third-order valence-electron chi connectivity index (χ3n) is 3.43. The summed E-state index contributed by atoms with van der Waals surface area (Å²) in [6.45, 7) is 1.65. The summed E-state index contributed by atoms with van der Waals surface area (Å²) in [7, 11) is 0. The summed E-state index contributed by atoms with van der Waals surface area (Å²) in [5.74, 6) is 1.91. The lowest BCUT2D eigenvalue weighted by atomic mass is 10.1. The number of rotatable bonds is 8. The second kappa shape index (κ2) is 9.38. The summed E-state index contributed by atoms with van der Waals surface area (Å²) in [5.41, 5.74) is 0. The molecule has 5 nitrogen and oxygen atoms in total. The summed E-state index contributed by atoms with van der Waals surface area (Å²) in [6, 6.07) is 0. The van der Waals surface area contributed by atoms with E-state index in [2.05, 4.69) is 5.92 Å². The molecule has 0 aromatic rings. The number of amides is 1. The fraction of sp³-hybridized carbons (Fsp3) is 0.733. The predicted octanol–water partition coefficient (Wildman–Crippen LogP) is 1.66. The van der Waals surface area contributed by atoms with Crippen LogP contribution in [0.15, 0.2) is 0 Å². The molecular formula is C15H23NO4. The van der Waals surface area contributed by atoms with Gasteiger partial charge in [0.2, 0.25) is 5.91 Å². The average molecular weight is 281 g/mol. The Morgan fingerprint density at radius 3 is 2.55 bits per heavy atom. The second-order valence-corrected chi connectivity index (χ2v) is 5.01. The van der Waals surface area contributed by atoms with Crippen molar-refractivity contribution in [2.75, 3.05) is 19.7 Å². The van der Waals surface area contributed by atoms with E-state index in [1.54, 1.807) is 0 Å². The van der Waals surface area contributed by atoms with E-state index in [4.69, 9.17) is 16.3 Å². The van der Waals surface area contributed by atoms with Crippen LogP contribution in [-0.4, -0.2) is 47.7 Å². The molecule has 0 spiro atoms. The summed E-state index contributed by atoms with van der Waals surface area (Å²) in [6.07, 6.45) is 9.90. The van der Waals surface area contributed by atoms with Crippen molar-refractivity contribution < 1.29 is 19.4 Å². The first kappa shape index (κ1) is 16.5. The van der Waals surface area contributed by atoms with Crippen LogP contribution in [0.25, 0.3) is 0 Å². The number of hydrogen-bond donors (Lipinski definition) is 1. The van der Waals surface area contributed by atoms with Crippen LogP contribution in [-0.2, 0) is 14.3 Å². The molecule has 0 aromatic carbocycles. The van der Waals surface area contributed by atoms with E-state index in [1.165, 1.54) is 0 Å². The quantitative estimate of drug-likeness (QED) is 0.543. The molecule has 0 bridgehead atoms. The second-order valence-electron chi connectivity index (χ2n) is 5.01. The summed E-state index contributed by atoms with van der Waals surface area (Å²) in [5, 5.41) is 8.53. The number of aliphatic carboxylic acids is 1. The number of piperidine rings is 1. The molecule has 1 fully saturated rings. The molecule has 1 N–H and O–H groups in total. The van der Waals surface area contributed by atoms with Crippen molar-refractivity contribution in [3.05, 3.63) is 0 Å². The molecule has 1 rings (SSSR count). The van der Waals surface area contributed by atoms with Gasteiger partial charge in [0.05, 0.1) is 19.1 Å². The first-order chi connectivity index (χ1) is 9.63. The fourth-order valence-corrected chi connectivity index (χ4v) is 2.25. The Bertz CT molecular complexity index is 353. The third-order valence-corrected chi connectivity index (χ3v) is 3.43. The van der Waals surface area contributed by atoms with Crippen molar-refractivity contribution in [1.29, 1.82) is 0 Å². The number of likely N-dealkylation sites (tertiary alicyclic amines) is 1. The molecule has 1 aliphatic heterocycles. The zero-order valence-electron chi connectivity index (χ0n) is 11.8. The number of unbranched alkanes of at least 4 members (excludes halogenated alkanes) is 2. The fourth-order valence-electron chi connectivity index (χ4n) is 2.25. The number of carbonyl (C=O) groups is 2. The standard InChI is InChI=1S/C15H23NO4/c1-2-3-4-5-6-14(17)16-10-7-13(8-11-16)20-12-9-15(18)19/h1,13H,3-12H2,(H,18,19). The zero-order valence-corrected chi connectivity index (χ0v) is 11.8. The smallest absolute Gasteiger partial charge is 0.305 e. The summed E-state index contributed by atoms with van der Waals surface area (Å²) < 4.78 is 5.49. The topological polar surface area (TPSA) is 66.8 Å². The Morgan fingerprint density at radius 2 is 1.95 bits per heavy atom. The Hall–Kier alpha value is -1.54. The van der Waals surface area contributed by atoms with Crippen LogP contribution in [0.5, 0.6) is 0 Å². The molecule has 112 valence electrons. The van der Waals surface area contributed by atoms with Crippen molar-refractivity contribution in [3.8, 4) is 12.3 Å². The summed E-state index contributed by atoms with van der Waals surface area (Å²) in [4.78, 5) is 24.2. The van der Waals surface area contributed by atoms with Gasteiger partial charge in [-0.15, -0.1) is 12.3 Å². The van der Waals surface area contributed by atoms with Crippen LogP contribution in [0.4, 0.5) is 0 Å². The number of carbonyl (C=O) groups excluding carboxylic acids is 1. The van der Waals surface area contributed by atoms with E-state index in [0.717, 1.165) is 32.1 Å². The minimum Gasteiger partial charge on any atom is -0.481 e. The van der Waals surface area contributed by atoms with Crippen molar-refractivity contribution in [1.82, 2.24) is 4.90 Å². The first-order valence-corrected chi connectivity index (χ1v) is 7.18. The van der Waals surface area contributed by atoms with Crippen LogP contribution in [0.1, 0.15) is 44.9 Å². The van der Waals surface area contributed by atoms with E-state index >= 15 is 0 Å². The van der Waals surface area contributed by atoms with Gasteiger partial charge in [-0.05, 0) is 25.7 Å². The van der Waals surface area contributed by atoms with Gasteiger partial charge in [0.15, 0.2) is 0 Å². The molecule has 1 amide bonds. The molecule has 1 heterocycles. The van der Waals surface area contributed by atoms with Crippen molar-refractivity contribution >= 4 is 11.9 Å². The van der Waals surface area contributed by atoms with Gasteiger partial charge < -0.3 is 14.7 Å². The molecule has 0 saturated carbocycles. The van der Waals surface area contributed by atoms with E-state index in [-0.39, 0.29) is 25.0 Å². The molecule has 0 atom stereocenters. The minimum atomic E-state index is -0.843. The van der Waals surface area contributed by atoms with Gasteiger partial charge in [-0.25, -0.2) is 0 Å². The Morgan fingerprint density at radius 1 is 1.25 bits per heavy atom. The number of carboxylic acid groups (broad SMARTS) is 1. The number of carboxylic acids is 1. The highest BCUT2D eigenvalue weighted by molar-refractivity contribution is 5.76. The van der Waals surface area contributed by atoms with Gasteiger partial charge >= 0.3 is 5.97 Å². The highest BCUT2D eigenvalue weighted by Gasteiger charge is 2.22. The molecule has 1 aliphatic rings. The molecule has 0 aliphatic carbocycles. The molecular weight excluding hydrogens is 258 g/mol. The Kier molecular flexibility index (Phi) is 7.74.